The molecule has 0 fully saturated rings. The number of aryl methyl sites for hydroxylation is 2. The number of nitrogens with one attached hydrogen (secondary N) is 2. The van der Waals surface area contributed by atoms with Crippen LogP contribution >= 0.6 is 11.6 Å². The third-order valence-corrected chi connectivity index (χ3v) is 6.13. The maximum Gasteiger partial charge on any atom is 0.270 e. The summed E-state index contributed by atoms with van der Waals surface area (Å²) in [5, 5.41) is 15.5. The van der Waals surface area contributed by atoms with Gasteiger partial charge >= 0.3 is 0 Å². The average Bonchev–Trinajstić information content (AvgIpc) is 2.71. The Morgan fingerprint density at radius 2 is 1.77 bits per heavy atom. The van der Waals surface area contributed by atoms with Gasteiger partial charge in [0, 0.05) is 12.1 Å². The molecule has 0 saturated heterocycles. The molecule has 0 aliphatic rings. The van der Waals surface area contributed by atoms with Crippen molar-refractivity contribution in [1.29, 1.82) is 0 Å². The van der Waals surface area contributed by atoms with Gasteiger partial charge in [0.1, 0.15) is 4.90 Å². The van der Waals surface area contributed by atoms with Gasteiger partial charge in [-0.05, 0) is 43.2 Å². The monoisotopic (exact) mass is 458 g/mol. The number of anilines is 2. The van der Waals surface area contributed by atoms with Crippen LogP contribution in [0.1, 0.15) is 16.7 Å². The molecule has 0 spiro atoms. The van der Waals surface area contributed by atoms with E-state index < -0.39 is 14.9 Å². The van der Waals surface area contributed by atoms with Crippen molar-refractivity contribution in [3.05, 3.63) is 92.5 Å². The van der Waals surface area contributed by atoms with Gasteiger partial charge in [-0.25, -0.2) is 8.42 Å². The number of benzene rings is 3. The van der Waals surface area contributed by atoms with Crippen molar-refractivity contribution in [2.75, 3.05) is 10.1 Å². The molecule has 0 aromatic heterocycles. The number of non-ortho nitro benzene ring substituents is 1. The zero-order valence-corrected chi connectivity index (χ0v) is 18.2. The summed E-state index contributed by atoms with van der Waals surface area (Å²) in [5.74, 6) is 0. The predicted octanol–water partition coefficient (Wildman–Crippen LogP) is 5.11. The summed E-state index contributed by atoms with van der Waals surface area (Å²) in [4.78, 5) is 10.2. The van der Waals surface area contributed by atoms with Gasteiger partial charge < -0.3 is 0 Å². The second-order valence-electron chi connectivity index (χ2n) is 6.75. The fourth-order valence-corrected chi connectivity index (χ4v) is 4.32. The lowest BCUT2D eigenvalue weighted by Crippen LogP contribution is -2.15. The van der Waals surface area contributed by atoms with Crippen LogP contribution in [0.3, 0.4) is 0 Å². The summed E-state index contributed by atoms with van der Waals surface area (Å²) in [5.41, 5.74) is 5.48. The summed E-state index contributed by atoms with van der Waals surface area (Å²) in [7, 11) is -4.21. The van der Waals surface area contributed by atoms with E-state index in [-0.39, 0.29) is 27.0 Å². The second-order valence-corrected chi connectivity index (χ2v) is 8.81. The first-order valence-corrected chi connectivity index (χ1v) is 11.0. The standard InChI is InChI=1S/C21H19ClN4O4S/c1-14-7-8-16(15(2)11-14)13-23-24-20-10-9-17(26(27)28)12-21(20)31(29,30)25-19-6-4-3-5-18(19)22/h3-13,24-25H,1-2H3. The predicted molar refractivity (Wildman–Crippen MR) is 122 cm³/mol. The highest BCUT2D eigenvalue weighted by atomic mass is 35.5. The minimum Gasteiger partial charge on any atom is -0.278 e. The Kier molecular flexibility index (Phi) is 6.57. The zero-order valence-electron chi connectivity index (χ0n) is 16.7. The van der Waals surface area contributed by atoms with Crippen molar-refractivity contribution < 1.29 is 13.3 Å². The lowest BCUT2D eigenvalue weighted by atomic mass is 10.1. The van der Waals surface area contributed by atoms with Gasteiger partial charge in [-0.15, -0.1) is 0 Å². The summed E-state index contributed by atoms with van der Waals surface area (Å²) >= 11 is 6.04. The first-order chi connectivity index (χ1) is 14.7. The van der Waals surface area contributed by atoms with Crippen LogP contribution in [0.2, 0.25) is 5.02 Å². The van der Waals surface area contributed by atoms with E-state index in [2.05, 4.69) is 15.2 Å². The molecule has 160 valence electrons. The molecule has 0 bridgehead atoms. The Morgan fingerprint density at radius 1 is 1.03 bits per heavy atom. The van der Waals surface area contributed by atoms with Gasteiger partial charge in [-0.1, -0.05) is 47.5 Å². The van der Waals surface area contributed by atoms with Crippen LogP contribution in [0, 0.1) is 24.0 Å². The number of halogens is 1. The molecule has 0 heterocycles. The highest BCUT2D eigenvalue weighted by Crippen LogP contribution is 2.30. The molecule has 0 unspecified atom stereocenters. The smallest absolute Gasteiger partial charge is 0.270 e. The molecule has 0 saturated carbocycles. The Morgan fingerprint density at radius 3 is 2.45 bits per heavy atom. The lowest BCUT2D eigenvalue weighted by molar-refractivity contribution is -0.385. The molecule has 8 nitrogen and oxygen atoms in total. The number of nitro groups is 1. The molecule has 2 N–H and O–H groups in total. The number of para-hydroxylation sites is 1. The van der Waals surface area contributed by atoms with Crippen LogP contribution in [0.4, 0.5) is 17.1 Å². The number of hydrazone groups is 1. The minimum atomic E-state index is -4.21. The topological polar surface area (TPSA) is 114 Å². The number of hydrogen-bond donors (Lipinski definition) is 2. The van der Waals surface area contributed by atoms with Gasteiger partial charge in [0.25, 0.3) is 15.7 Å². The summed E-state index contributed by atoms with van der Waals surface area (Å²) in [6.07, 6.45) is 1.55. The van der Waals surface area contributed by atoms with Crippen molar-refractivity contribution in [1.82, 2.24) is 0 Å². The molecule has 0 radical (unpaired) electrons. The van der Waals surface area contributed by atoms with Crippen LogP contribution in [0.25, 0.3) is 0 Å². The van der Waals surface area contributed by atoms with Gasteiger partial charge in [0.2, 0.25) is 0 Å². The van der Waals surface area contributed by atoms with Crippen LogP contribution in [-0.4, -0.2) is 19.6 Å². The first-order valence-electron chi connectivity index (χ1n) is 9.09. The Balaban J connectivity index is 1.96. The molecule has 0 aliphatic heterocycles. The molecular weight excluding hydrogens is 440 g/mol. The number of nitrogens with zero attached hydrogens (tertiary/aromatic N) is 2. The van der Waals surface area contributed by atoms with Crippen molar-refractivity contribution in [3.8, 4) is 0 Å². The van der Waals surface area contributed by atoms with E-state index in [0.717, 1.165) is 22.8 Å². The fraction of sp³-hybridized carbons (Fsp3) is 0.0952. The molecule has 10 heteroatoms. The highest BCUT2D eigenvalue weighted by molar-refractivity contribution is 7.93. The van der Waals surface area contributed by atoms with E-state index in [1.54, 1.807) is 18.3 Å². The molecule has 0 aliphatic carbocycles. The normalized spacial score (nSPS) is 11.5. The van der Waals surface area contributed by atoms with Gasteiger partial charge in [-0.3, -0.25) is 20.3 Å². The van der Waals surface area contributed by atoms with E-state index in [1.807, 2.05) is 32.0 Å². The Labute approximate surface area is 184 Å². The fourth-order valence-electron chi connectivity index (χ4n) is 2.82. The average molecular weight is 459 g/mol. The van der Waals surface area contributed by atoms with E-state index in [1.165, 1.54) is 24.3 Å². The molecular formula is C21H19ClN4O4S. The van der Waals surface area contributed by atoms with E-state index >= 15 is 0 Å². The molecule has 0 atom stereocenters. The van der Waals surface area contributed by atoms with E-state index in [9.17, 15) is 18.5 Å². The quantitative estimate of drug-likeness (QED) is 0.290. The molecule has 3 aromatic carbocycles. The zero-order chi connectivity index (χ0) is 22.6. The maximum atomic E-state index is 13.0. The Bertz CT molecular complexity index is 1280. The van der Waals surface area contributed by atoms with E-state index in [4.69, 9.17) is 11.6 Å². The summed E-state index contributed by atoms with van der Waals surface area (Å²) in [6, 6.07) is 15.6. The molecule has 31 heavy (non-hydrogen) atoms. The van der Waals surface area contributed by atoms with Crippen molar-refractivity contribution in [2.45, 2.75) is 18.7 Å². The second kappa shape index (κ2) is 9.15. The van der Waals surface area contributed by atoms with Crippen LogP contribution in [-0.2, 0) is 10.0 Å². The third kappa shape index (κ3) is 5.39. The third-order valence-electron chi connectivity index (χ3n) is 4.40. The maximum absolute atomic E-state index is 13.0. The minimum absolute atomic E-state index is 0.0752. The van der Waals surface area contributed by atoms with Crippen molar-refractivity contribution in [2.24, 2.45) is 5.10 Å². The number of hydrogen-bond acceptors (Lipinski definition) is 6. The summed E-state index contributed by atoms with van der Waals surface area (Å²) in [6.45, 7) is 3.91. The van der Waals surface area contributed by atoms with Gasteiger partial charge in [0.15, 0.2) is 0 Å². The highest BCUT2D eigenvalue weighted by Gasteiger charge is 2.23. The number of rotatable bonds is 7. The van der Waals surface area contributed by atoms with E-state index in [0.29, 0.717) is 0 Å². The summed E-state index contributed by atoms with van der Waals surface area (Å²) < 4.78 is 28.3. The van der Waals surface area contributed by atoms with Crippen LogP contribution in [0.5, 0.6) is 0 Å². The molecule has 0 amide bonds. The first kappa shape index (κ1) is 22.3. The van der Waals surface area contributed by atoms with Crippen LogP contribution in [0.15, 0.2) is 70.7 Å². The van der Waals surface area contributed by atoms with Crippen molar-refractivity contribution >= 4 is 44.9 Å². The molecule has 3 aromatic rings. The largest absolute Gasteiger partial charge is 0.278 e. The number of sulfonamides is 1. The molecule has 3 rings (SSSR count). The van der Waals surface area contributed by atoms with Crippen LogP contribution < -0.4 is 10.1 Å². The number of nitro benzene ring substituents is 1. The lowest BCUT2D eigenvalue weighted by Gasteiger charge is -2.13. The van der Waals surface area contributed by atoms with Gasteiger partial charge in [-0.2, -0.15) is 5.10 Å². The van der Waals surface area contributed by atoms with Crippen molar-refractivity contribution in [3.63, 3.8) is 0 Å². The SMILES string of the molecule is Cc1ccc(C=NNc2ccc([N+](=O)[O-])cc2S(=O)(=O)Nc2ccccc2Cl)c(C)c1. The Hall–Kier alpha value is -3.43. The van der Waals surface area contributed by atoms with Gasteiger partial charge in [0.05, 0.1) is 27.5 Å².